The molecule has 1 aromatic rings. The first-order valence-electron chi connectivity index (χ1n) is 9.98. The van der Waals surface area contributed by atoms with E-state index in [1.807, 2.05) is 6.07 Å². The van der Waals surface area contributed by atoms with Gasteiger partial charge in [-0.05, 0) is 25.3 Å². The molecule has 3 amide bonds. The van der Waals surface area contributed by atoms with Crippen LogP contribution in [0.3, 0.4) is 0 Å². The zero-order valence-electron chi connectivity index (χ0n) is 16.1. The van der Waals surface area contributed by atoms with Crippen LogP contribution in [0.2, 0.25) is 0 Å². The van der Waals surface area contributed by atoms with E-state index in [-0.39, 0.29) is 41.7 Å². The Bertz CT molecular complexity index is 858. The minimum atomic E-state index is -0.700. The van der Waals surface area contributed by atoms with Crippen molar-refractivity contribution in [3.05, 3.63) is 34.2 Å². The molecule has 150 valence electrons. The summed E-state index contributed by atoms with van der Waals surface area (Å²) in [6, 6.07) is 4.32. The second-order valence-electron chi connectivity index (χ2n) is 8.03. The molecule has 3 atom stereocenters. The lowest BCUT2D eigenvalue weighted by Gasteiger charge is -2.46. The lowest BCUT2D eigenvalue weighted by molar-refractivity contribution is -0.136. The molecule has 0 spiro atoms. The van der Waals surface area contributed by atoms with Gasteiger partial charge in [0.2, 0.25) is 17.7 Å². The number of aromatic nitrogens is 1. The van der Waals surface area contributed by atoms with Crippen molar-refractivity contribution in [1.82, 2.24) is 19.7 Å². The van der Waals surface area contributed by atoms with Crippen LogP contribution in [0.1, 0.15) is 43.8 Å². The van der Waals surface area contributed by atoms with Gasteiger partial charge in [-0.3, -0.25) is 23.7 Å². The molecule has 1 aromatic heterocycles. The Morgan fingerprint density at radius 3 is 2.57 bits per heavy atom. The molecule has 8 nitrogen and oxygen atoms in total. The van der Waals surface area contributed by atoms with Gasteiger partial charge in [-0.2, -0.15) is 0 Å². The molecule has 0 aromatic carbocycles. The highest BCUT2D eigenvalue weighted by Crippen LogP contribution is 2.41. The average Bonchev–Trinajstić information content (AvgIpc) is 3.21. The molecule has 2 fully saturated rings. The fourth-order valence-corrected chi connectivity index (χ4v) is 4.87. The van der Waals surface area contributed by atoms with E-state index in [0.29, 0.717) is 13.1 Å². The van der Waals surface area contributed by atoms with Crippen molar-refractivity contribution in [3.63, 3.8) is 0 Å². The molecule has 1 N–H and O–H groups in total. The summed E-state index contributed by atoms with van der Waals surface area (Å²) in [6.45, 7) is 3.96. The van der Waals surface area contributed by atoms with Crippen LogP contribution in [0.4, 0.5) is 0 Å². The van der Waals surface area contributed by atoms with Crippen LogP contribution >= 0.6 is 0 Å². The molecule has 3 aliphatic rings. The number of rotatable bonds is 3. The van der Waals surface area contributed by atoms with Gasteiger partial charge < -0.3 is 15.1 Å². The van der Waals surface area contributed by atoms with Crippen LogP contribution in [0.25, 0.3) is 0 Å². The van der Waals surface area contributed by atoms with E-state index in [0.717, 1.165) is 38.0 Å². The van der Waals surface area contributed by atoms with E-state index in [2.05, 4.69) is 5.32 Å². The Balaban J connectivity index is 1.58. The van der Waals surface area contributed by atoms with Crippen molar-refractivity contribution in [1.29, 1.82) is 0 Å². The molecular weight excluding hydrogens is 360 g/mol. The zero-order valence-corrected chi connectivity index (χ0v) is 16.1. The number of carbonyl (C=O) groups excluding carboxylic acids is 3. The normalized spacial score (nSPS) is 26.0. The van der Waals surface area contributed by atoms with Crippen LogP contribution in [-0.2, 0) is 14.4 Å². The molecule has 2 saturated heterocycles. The average molecular weight is 386 g/mol. The summed E-state index contributed by atoms with van der Waals surface area (Å²) in [5.74, 6) is -0.529. The number of amides is 3. The largest absolute Gasteiger partial charge is 0.345 e. The predicted octanol–water partition coefficient (Wildman–Crippen LogP) is 0.0936. The second-order valence-corrected chi connectivity index (χ2v) is 8.03. The van der Waals surface area contributed by atoms with Gasteiger partial charge in [0.05, 0.1) is 6.54 Å². The van der Waals surface area contributed by atoms with E-state index in [1.165, 1.54) is 13.0 Å². The summed E-state index contributed by atoms with van der Waals surface area (Å²) in [4.78, 5) is 53.4. The second kappa shape index (κ2) is 7.41. The van der Waals surface area contributed by atoms with Crippen molar-refractivity contribution in [2.45, 2.75) is 38.1 Å². The smallest absolute Gasteiger partial charge is 0.251 e. The molecular formula is C20H26N4O4. The van der Waals surface area contributed by atoms with Crippen LogP contribution in [0, 0.1) is 5.92 Å². The van der Waals surface area contributed by atoms with Crippen LogP contribution in [0.15, 0.2) is 23.0 Å². The molecule has 3 aliphatic heterocycles. The third-order valence-electron chi connectivity index (χ3n) is 6.23. The Labute approximate surface area is 163 Å². The zero-order chi connectivity index (χ0) is 19.8. The van der Waals surface area contributed by atoms with E-state index in [1.54, 1.807) is 20.4 Å². The van der Waals surface area contributed by atoms with Crippen molar-refractivity contribution in [2.24, 2.45) is 5.92 Å². The molecule has 0 saturated carbocycles. The van der Waals surface area contributed by atoms with Crippen LogP contribution in [-0.4, -0.2) is 64.8 Å². The predicted molar refractivity (Wildman–Crippen MR) is 102 cm³/mol. The summed E-state index contributed by atoms with van der Waals surface area (Å²) < 4.78 is 1.58. The first-order valence-corrected chi connectivity index (χ1v) is 9.98. The minimum absolute atomic E-state index is 0.0233. The molecule has 4 heterocycles. The first-order chi connectivity index (χ1) is 13.5. The Hall–Kier alpha value is -2.64. The van der Waals surface area contributed by atoms with Gasteiger partial charge in [-0.15, -0.1) is 0 Å². The standard InChI is InChI=1S/C20H26N4O4/c1-13(25)23-11-14-9-15(12-23)19(24-16(14)5-4-6-17(24)26)20(28)21-10-18(27)22-7-2-3-8-22/h4-6,14-15,19H,2-3,7-12H2,1H3,(H,21,28)/t14-,15+,19-/m1/s1. The van der Waals surface area contributed by atoms with E-state index in [9.17, 15) is 19.2 Å². The first kappa shape index (κ1) is 18.7. The van der Waals surface area contributed by atoms with Gasteiger partial charge in [0.25, 0.3) is 5.56 Å². The van der Waals surface area contributed by atoms with Crippen molar-refractivity contribution >= 4 is 17.7 Å². The highest BCUT2D eigenvalue weighted by atomic mass is 16.2. The summed E-state index contributed by atoms with van der Waals surface area (Å²) in [7, 11) is 0. The van der Waals surface area contributed by atoms with Gasteiger partial charge in [-0.25, -0.2) is 0 Å². The molecule has 0 unspecified atom stereocenters. The van der Waals surface area contributed by atoms with Gasteiger partial charge >= 0.3 is 0 Å². The van der Waals surface area contributed by atoms with Gasteiger partial charge in [-0.1, -0.05) is 6.07 Å². The Morgan fingerprint density at radius 2 is 1.86 bits per heavy atom. The highest BCUT2D eigenvalue weighted by molar-refractivity contribution is 5.87. The molecule has 0 aliphatic carbocycles. The maximum atomic E-state index is 13.1. The number of likely N-dealkylation sites (tertiary alicyclic amines) is 2. The van der Waals surface area contributed by atoms with E-state index in [4.69, 9.17) is 0 Å². The fraction of sp³-hybridized carbons (Fsp3) is 0.600. The van der Waals surface area contributed by atoms with Crippen LogP contribution in [0.5, 0.6) is 0 Å². The van der Waals surface area contributed by atoms with Crippen molar-refractivity contribution in [3.8, 4) is 0 Å². The minimum Gasteiger partial charge on any atom is -0.345 e. The Morgan fingerprint density at radius 1 is 1.11 bits per heavy atom. The number of hydrogen-bond donors (Lipinski definition) is 1. The summed E-state index contributed by atoms with van der Waals surface area (Å²) in [5, 5.41) is 2.75. The Kier molecular flexibility index (Phi) is 4.95. The maximum absolute atomic E-state index is 13.1. The molecule has 8 heteroatoms. The third-order valence-corrected chi connectivity index (χ3v) is 6.23. The SMILES string of the molecule is CC(=O)N1C[C@H]2C[C@@H](C1)[C@H](C(=O)NCC(=O)N1CCCC1)n1c2cccc1=O. The number of fused-ring (bicyclic) bond motifs is 4. The van der Waals surface area contributed by atoms with Gasteiger partial charge in [0.15, 0.2) is 0 Å². The lowest BCUT2D eigenvalue weighted by atomic mass is 9.78. The molecule has 28 heavy (non-hydrogen) atoms. The third kappa shape index (κ3) is 3.31. The molecule has 0 radical (unpaired) electrons. The number of nitrogens with zero attached hydrogens (tertiary/aromatic N) is 3. The number of pyridine rings is 1. The quantitative estimate of drug-likeness (QED) is 0.797. The molecule has 2 bridgehead atoms. The summed E-state index contributed by atoms with van der Waals surface area (Å²) >= 11 is 0. The highest BCUT2D eigenvalue weighted by Gasteiger charge is 2.44. The summed E-state index contributed by atoms with van der Waals surface area (Å²) in [5.41, 5.74) is 0.579. The van der Waals surface area contributed by atoms with E-state index < -0.39 is 6.04 Å². The number of hydrogen-bond acceptors (Lipinski definition) is 4. The van der Waals surface area contributed by atoms with Crippen LogP contribution < -0.4 is 10.9 Å². The number of piperidine rings is 1. The topological polar surface area (TPSA) is 91.7 Å². The number of nitrogens with one attached hydrogen (secondary N) is 1. The molecule has 4 rings (SSSR count). The van der Waals surface area contributed by atoms with Gasteiger partial charge in [0.1, 0.15) is 6.04 Å². The fourth-order valence-electron chi connectivity index (χ4n) is 4.87. The number of carbonyl (C=O) groups is 3. The van der Waals surface area contributed by atoms with Crippen molar-refractivity contribution in [2.75, 3.05) is 32.7 Å². The van der Waals surface area contributed by atoms with Gasteiger partial charge in [0, 0.05) is 56.7 Å². The van der Waals surface area contributed by atoms with Crippen molar-refractivity contribution < 1.29 is 14.4 Å². The van der Waals surface area contributed by atoms with E-state index >= 15 is 0 Å². The summed E-state index contributed by atoms with van der Waals surface area (Å²) in [6.07, 6.45) is 2.75. The lowest BCUT2D eigenvalue weighted by Crippen LogP contribution is -2.54. The maximum Gasteiger partial charge on any atom is 0.251 e. The monoisotopic (exact) mass is 386 g/mol.